The lowest BCUT2D eigenvalue weighted by atomic mass is 10.2. The average molecular weight is 292 g/mol. The summed E-state index contributed by atoms with van der Waals surface area (Å²) in [4.78, 5) is 14.3. The predicted molar refractivity (Wildman–Crippen MR) is 73.9 cm³/mol. The van der Waals surface area contributed by atoms with Crippen LogP contribution in [-0.2, 0) is 15.8 Å². The smallest absolute Gasteiger partial charge is 0.354 e. The highest BCUT2D eigenvalue weighted by atomic mass is 32.2. The third-order valence-electron chi connectivity index (χ3n) is 2.46. The molecule has 0 aliphatic rings. The van der Waals surface area contributed by atoms with E-state index in [2.05, 4.69) is 9.71 Å². The van der Waals surface area contributed by atoms with Crippen molar-refractivity contribution in [2.45, 2.75) is 5.75 Å². The maximum absolute atomic E-state index is 11.9. The van der Waals surface area contributed by atoms with Gasteiger partial charge in [0.2, 0.25) is 10.0 Å². The summed E-state index contributed by atoms with van der Waals surface area (Å²) in [5.74, 6) is -1.32. The topological polar surface area (TPSA) is 96.4 Å². The molecule has 0 radical (unpaired) electrons. The number of aromatic nitrogens is 1. The summed E-state index contributed by atoms with van der Waals surface area (Å²) in [7, 11) is -3.56. The molecule has 0 atom stereocenters. The van der Waals surface area contributed by atoms with Gasteiger partial charge in [0.1, 0.15) is 5.69 Å². The summed E-state index contributed by atoms with van der Waals surface area (Å²) in [5, 5.41) is 8.70. The molecule has 1 heterocycles. The molecule has 2 rings (SSSR count). The summed E-state index contributed by atoms with van der Waals surface area (Å²) < 4.78 is 26.2. The minimum Gasteiger partial charge on any atom is -0.477 e. The number of carboxylic acid groups (broad SMARTS) is 1. The maximum Gasteiger partial charge on any atom is 0.354 e. The van der Waals surface area contributed by atoms with Gasteiger partial charge in [-0.3, -0.25) is 4.72 Å². The first-order valence-corrected chi connectivity index (χ1v) is 7.35. The number of rotatable bonds is 5. The fourth-order valence-corrected chi connectivity index (χ4v) is 2.77. The molecule has 0 fully saturated rings. The van der Waals surface area contributed by atoms with Gasteiger partial charge in [-0.05, 0) is 17.7 Å². The Balaban J connectivity index is 2.10. The van der Waals surface area contributed by atoms with Gasteiger partial charge >= 0.3 is 5.97 Å². The van der Waals surface area contributed by atoms with Crippen LogP contribution in [0.5, 0.6) is 0 Å². The average Bonchev–Trinajstić information content (AvgIpc) is 2.39. The van der Waals surface area contributed by atoms with Gasteiger partial charge in [-0.15, -0.1) is 0 Å². The molecular formula is C13H12N2O4S. The fraction of sp³-hybridized carbons (Fsp3) is 0.0769. The monoisotopic (exact) mass is 292 g/mol. The molecule has 6 nitrogen and oxygen atoms in total. The summed E-state index contributed by atoms with van der Waals surface area (Å²) >= 11 is 0. The first kappa shape index (κ1) is 14.0. The molecule has 2 aromatic rings. The maximum atomic E-state index is 11.9. The van der Waals surface area contributed by atoms with E-state index in [0.29, 0.717) is 5.56 Å². The molecule has 0 spiro atoms. The Morgan fingerprint density at radius 2 is 1.85 bits per heavy atom. The molecule has 0 unspecified atom stereocenters. The normalized spacial score (nSPS) is 11.0. The SMILES string of the molecule is O=C(O)c1ccc(NS(=O)(=O)Cc2ccccc2)cn1. The van der Waals surface area contributed by atoms with Crippen molar-refractivity contribution in [3.63, 3.8) is 0 Å². The molecule has 0 aliphatic heterocycles. The number of nitrogens with one attached hydrogen (secondary N) is 1. The van der Waals surface area contributed by atoms with Gasteiger partial charge in [0.15, 0.2) is 0 Å². The third kappa shape index (κ3) is 3.79. The molecule has 0 aliphatic carbocycles. The van der Waals surface area contributed by atoms with E-state index in [4.69, 9.17) is 5.11 Å². The van der Waals surface area contributed by atoms with E-state index >= 15 is 0 Å². The number of hydrogen-bond acceptors (Lipinski definition) is 4. The number of carboxylic acids is 1. The zero-order chi connectivity index (χ0) is 14.6. The van der Waals surface area contributed by atoms with E-state index in [0.717, 1.165) is 0 Å². The standard InChI is InChI=1S/C13H12N2O4S/c16-13(17)12-7-6-11(8-14-12)15-20(18,19)9-10-4-2-1-3-5-10/h1-8,15H,9H2,(H,16,17). The number of aromatic carboxylic acids is 1. The summed E-state index contributed by atoms with van der Waals surface area (Å²) in [6.07, 6.45) is 1.17. The fourth-order valence-electron chi connectivity index (χ4n) is 1.59. The molecule has 0 saturated carbocycles. The highest BCUT2D eigenvalue weighted by Crippen LogP contribution is 2.12. The zero-order valence-electron chi connectivity index (χ0n) is 10.4. The van der Waals surface area contributed by atoms with E-state index < -0.39 is 16.0 Å². The largest absolute Gasteiger partial charge is 0.477 e. The summed E-state index contributed by atoms with van der Waals surface area (Å²) in [5.41, 5.74) is 0.747. The predicted octanol–water partition coefficient (Wildman–Crippen LogP) is 1.72. The lowest BCUT2D eigenvalue weighted by Gasteiger charge is -2.07. The van der Waals surface area contributed by atoms with E-state index in [1.165, 1.54) is 18.3 Å². The van der Waals surface area contributed by atoms with Crippen LogP contribution in [-0.4, -0.2) is 24.5 Å². The van der Waals surface area contributed by atoms with E-state index in [9.17, 15) is 13.2 Å². The molecule has 0 amide bonds. The zero-order valence-corrected chi connectivity index (χ0v) is 11.2. The van der Waals surface area contributed by atoms with Crippen LogP contribution in [0, 0.1) is 0 Å². The van der Waals surface area contributed by atoms with Crippen LogP contribution in [0.2, 0.25) is 0 Å². The van der Waals surface area contributed by atoms with Crippen molar-refractivity contribution in [1.82, 2.24) is 4.98 Å². The number of nitrogens with zero attached hydrogens (tertiary/aromatic N) is 1. The van der Waals surface area contributed by atoms with Crippen LogP contribution in [0.3, 0.4) is 0 Å². The Labute approximate surface area is 116 Å². The number of sulfonamides is 1. The van der Waals surface area contributed by atoms with Crippen molar-refractivity contribution in [2.75, 3.05) is 4.72 Å². The second-order valence-corrected chi connectivity index (χ2v) is 5.81. The van der Waals surface area contributed by atoms with E-state index in [-0.39, 0.29) is 17.1 Å². The Morgan fingerprint density at radius 1 is 1.15 bits per heavy atom. The van der Waals surface area contributed by atoms with Crippen LogP contribution < -0.4 is 4.72 Å². The van der Waals surface area contributed by atoms with Gasteiger partial charge in [0.25, 0.3) is 0 Å². The molecule has 7 heteroatoms. The molecule has 20 heavy (non-hydrogen) atoms. The third-order valence-corrected chi connectivity index (χ3v) is 3.72. The Bertz CT molecular complexity index is 697. The Morgan fingerprint density at radius 3 is 2.40 bits per heavy atom. The highest BCUT2D eigenvalue weighted by molar-refractivity contribution is 7.91. The summed E-state index contributed by atoms with van der Waals surface area (Å²) in [6, 6.07) is 11.3. The van der Waals surface area contributed by atoms with E-state index in [1.807, 2.05) is 0 Å². The lowest BCUT2D eigenvalue weighted by molar-refractivity contribution is 0.0690. The second kappa shape index (κ2) is 5.70. The van der Waals surface area contributed by atoms with Crippen molar-refractivity contribution in [1.29, 1.82) is 0 Å². The van der Waals surface area contributed by atoms with Gasteiger partial charge in [-0.2, -0.15) is 0 Å². The van der Waals surface area contributed by atoms with Crippen LogP contribution in [0.4, 0.5) is 5.69 Å². The number of pyridine rings is 1. The molecular weight excluding hydrogens is 280 g/mol. The lowest BCUT2D eigenvalue weighted by Crippen LogP contribution is -2.15. The highest BCUT2D eigenvalue weighted by Gasteiger charge is 2.12. The number of anilines is 1. The van der Waals surface area contributed by atoms with Crippen LogP contribution >= 0.6 is 0 Å². The molecule has 104 valence electrons. The second-order valence-electron chi connectivity index (χ2n) is 4.08. The van der Waals surface area contributed by atoms with Crippen molar-refractivity contribution < 1.29 is 18.3 Å². The van der Waals surface area contributed by atoms with Crippen molar-refractivity contribution >= 4 is 21.7 Å². The molecule has 0 saturated heterocycles. The van der Waals surface area contributed by atoms with Crippen LogP contribution in [0.1, 0.15) is 16.1 Å². The molecule has 1 aromatic carbocycles. The Kier molecular flexibility index (Phi) is 3.99. The molecule has 0 bridgehead atoms. The molecule has 1 aromatic heterocycles. The van der Waals surface area contributed by atoms with Gasteiger partial charge in [-0.1, -0.05) is 30.3 Å². The Hall–Kier alpha value is -2.41. The summed E-state index contributed by atoms with van der Waals surface area (Å²) in [6.45, 7) is 0. The first-order chi connectivity index (χ1) is 9.46. The van der Waals surface area contributed by atoms with Gasteiger partial charge in [0, 0.05) is 0 Å². The van der Waals surface area contributed by atoms with Crippen LogP contribution in [0.25, 0.3) is 0 Å². The van der Waals surface area contributed by atoms with Crippen molar-refractivity contribution in [2.24, 2.45) is 0 Å². The van der Waals surface area contributed by atoms with Gasteiger partial charge < -0.3 is 5.11 Å². The van der Waals surface area contributed by atoms with Crippen molar-refractivity contribution in [3.8, 4) is 0 Å². The minimum absolute atomic E-state index is 0.143. The van der Waals surface area contributed by atoms with Crippen LogP contribution in [0.15, 0.2) is 48.7 Å². The van der Waals surface area contributed by atoms with E-state index in [1.54, 1.807) is 30.3 Å². The van der Waals surface area contributed by atoms with Crippen molar-refractivity contribution in [3.05, 3.63) is 59.9 Å². The number of carbonyl (C=O) groups is 1. The quantitative estimate of drug-likeness (QED) is 0.874. The van der Waals surface area contributed by atoms with Gasteiger partial charge in [-0.25, -0.2) is 18.2 Å². The number of benzene rings is 1. The minimum atomic E-state index is -3.56. The first-order valence-electron chi connectivity index (χ1n) is 5.70. The van der Waals surface area contributed by atoms with Gasteiger partial charge in [0.05, 0.1) is 17.6 Å². The molecule has 2 N–H and O–H groups in total. The number of hydrogen-bond donors (Lipinski definition) is 2.